The Labute approximate surface area is 145 Å². The third-order valence-electron chi connectivity index (χ3n) is 3.00. The molecule has 0 aliphatic heterocycles. The molecule has 0 aliphatic rings. The van der Waals surface area contributed by atoms with Gasteiger partial charge in [0.2, 0.25) is 0 Å². The van der Waals surface area contributed by atoms with E-state index in [0.717, 1.165) is 11.3 Å². The lowest BCUT2D eigenvalue weighted by atomic mass is 10.2. The Bertz CT molecular complexity index is 808. The van der Waals surface area contributed by atoms with Gasteiger partial charge in [0, 0.05) is 16.6 Å². The van der Waals surface area contributed by atoms with Crippen LogP contribution in [-0.4, -0.2) is 30.6 Å². The summed E-state index contributed by atoms with van der Waals surface area (Å²) >= 11 is 7.08. The second-order valence-corrected chi connectivity index (χ2v) is 6.21. The predicted octanol–water partition coefficient (Wildman–Crippen LogP) is 3.08. The van der Waals surface area contributed by atoms with E-state index in [9.17, 15) is 18.8 Å². The third kappa shape index (κ3) is 4.01. The van der Waals surface area contributed by atoms with Crippen molar-refractivity contribution < 1.29 is 23.5 Å². The van der Waals surface area contributed by atoms with Gasteiger partial charge in [0.05, 0.1) is 5.02 Å². The van der Waals surface area contributed by atoms with Crippen molar-refractivity contribution in [2.75, 3.05) is 6.54 Å². The Balaban J connectivity index is 2.10. The van der Waals surface area contributed by atoms with Crippen LogP contribution in [0, 0.1) is 5.82 Å². The molecule has 0 bridgehead atoms. The number of nitrogens with one attached hydrogen (secondary N) is 2. The van der Waals surface area contributed by atoms with Gasteiger partial charge in [-0.15, -0.1) is 11.3 Å². The molecular weight excluding hydrogens is 359 g/mol. The van der Waals surface area contributed by atoms with E-state index in [-0.39, 0.29) is 9.90 Å². The number of esters is 1. The number of fused-ring (bicyclic) bond motifs is 1. The molecule has 1 aromatic carbocycles. The number of hydrogen-bond donors (Lipinski definition) is 2. The lowest BCUT2D eigenvalue weighted by molar-refractivity contribution is -0.127. The molecule has 0 saturated heterocycles. The predicted molar refractivity (Wildman–Crippen MR) is 88.9 cm³/mol. The molecule has 0 spiro atoms. The zero-order chi connectivity index (χ0) is 17.9. The lowest BCUT2D eigenvalue weighted by Gasteiger charge is -2.12. The highest BCUT2D eigenvalue weighted by Gasteiger charge is 2.24. The highest BCUT2D eigenvalue weighted by molar-refractivity contribution is 7.21. The fourth-order valence-electron chi connectivity index (χ4n) is 1.86. The van der Waals surface area contributed by atoms with Gasteiger partial charge in [-0.2, -0.15) is 0 Å². The van der Waals surface area contributed by atoms with Gasteiger partial charge in [-0.25, -0.2) is 14.0 Å². The largest absolute Gasteiger partial charge is 0.448 e. The van der Waals surface area contributed by atoms with Crippen molar-refractivity contribution >= 4 is 50.9 Å². The second kappa shape index (κ2) is 7.59. The Morgan fingerprint density at radius 3 is 2.75 bits per heavy atom. The van der Waals surface area contributed by atoms with E-state index >= 15 is 0 Å². The van der Waals surface area contributed by atoms with Crippen LogP contribution in [0.25, 0.3) is 10.1 Å². The van der Waals surface area contributed by atoms with Crippen LogP contribution in [0.2, 0.25) is 5.02 Å². The fourth-order valence-corrected chi connectivity index (χ4v) is 3.27. The van der Waals surface area contributed by atoms with Crippen molar-refractivity contribution in [1.82, 2.24) is 10.6 Å². The number of carbonyl (C=O) groups excluding carboxylic acids is 3. The number of urea groups is 1. The first kappa shape index (κ1) is 18.2. The maximum Gasteiger partial charge on any atom is 0.350 e. The first-order chi connectivity index (χ1) is 11.3. The van der Waals surface area contributed by atoms with Crippen molar-refractivity contribution in [1.29, 1.82) is 0 Å². The number of hydrogen-bond acceptors (Lipinski definition) is 5. The van der Waals surface area contributed by atoms with Gasteiger partial charge < -0.3 is 10.1 Å². The summed E-state index contributed by atoms with van der Waals surface area (Å²) in [5.41, 5.74) is 0. The summed E-state index contributed by atoms with van der Waals surface area (Å²) in [7, 11) is 0. The van der Waals surface area contributed by atoms with Gasteiger partial charge in [-0.05, 0) is 32.0 Å². The van der Waals surface area contributed by atoms with Crippen LogP contribution in [-0.2, 0) is 9.53 Å². The molecule has 0 saturated carbocycles. The third-order valence-corrected chi connectivity index (χ3v) is 4.64. The molecule has 2 aromatic rings. The van der Waals surface area contributed by atoms with Gasteiger partial charge in [-0.1, -0.05) is 11.6 Å². The minimum Gasteiger partial charge on any atom is -0.448 e. The van der Waals surface area contributed by atoms with Gasteiger partial charge >= 0.3 is 12.0 Å². The van der Waals surface area contributed by atoms with Crippen molar-refractivity contribution in [3.05, 3.63) is 33.9 Å². The van der Waals surface area contributed by atoms with E-state index in [1.165, 1.54) is 25.1 Å². The summed E-state index contributed by atoms with van der Waals surface area (Å²) in [5.74, 6) is -2.03. The molecule has 1 atom stereocenters. The zero-order valence-corrected chi connectivity index (χ0v) is 14.4. The van der Waals surface area contributed by atoms with Crippen molar-refractivity contribution in [3.63, 3.8) is 0 Å². The Kier molecular flexibility index (Phi) is 5.74. The van der Waals surface area contributed by atoms with Crippen LogP contribution >= 0.6 is 22.9 Å². The number of imide groups is 1. The quantitative estimate of drug-likeness (QED) is 0.808. The monoisotopic (exact) mass is 372 g/mol. The number of ether oxygens (including phenoxy) is 1. The summed E-state index contributed by atoms with van der Waals surface area (Å²) in [6.45, 7) is 3.37. The maximum absolute atomic E-state index is 13.2. The van der Waals surface area contributed by atoms with Crippen LogP contribution in [0.3, 0.4) is 0 Å². The molecule has 0 radical (unpaired) electrons. The molecule has 1 heterocycles. The molecule has 3 amide bonds. The maximum atomic E-state index is 13.2. The minimum absolute atomic E-state index is 0.0647. The summed E-state index contributed by atoms with van der Waals surface area (Å²) in [4.78, 5) is 35.3. The molecule has 2 rings (SSSR count). The number of amides is 3. The Morgan fingerprint density at radius 1 is 1.38 bits per heavy atom. The van der Waals surface area contributed by atoms with Crippen molar-refractivity contribution in [2.45, 2.75) is 20.0 Å². The molecule has 6 nitrogen and oxygen atoms in total. The van der Waals surface area contributed by atoms with E-state index in [1.807, 2.05) is 5.32 Å². The van der Waals surface area contributed by atoms with Crippen LogP contribution in [0.15, 0.2) is 18.2 Å². The zero-order valence-electron chi connectivity index (χ0n) is 12.8. The number of carbonyl (C=O) groups is 3. The molecule has 128 valence electrons. The highest BCUT2D eigenvalue weighted by atomic mass is 35.5. The van der Waals surface area contributed by atoms with E-state index in [1.54, 1.807) is 6.92 Å². The summed E-state index contributed by atoms with van der Waals surface area (Å²) in [6, 6.07) is 3.28. The van der Waals surface area contributed by atoms with Gasteiger partial charge in [0.25, 0.3) is 5.91 Å². The smallest absolute Gasteiger partial charge is 0.350 e. The molecular formula is C15H14ClFN2O4S. The molecule has 2 N–H and O–H groups in total. The van der Waals surface area contributed by atoms with E-state index < -0.39 is 29.8 Å². The standard InChI is InChI=1S/C15H14ClFN2O4S/c1-3-18-15(22)19-13(20)7(2)23-14(21)12-11(16)9-5-4-8(17)6-10(9)24-12/h4-7H,3H2,1-2H3,(H2,18,19,20,22)/t7-/m1/s1. The average molecular weight is 373 g/mol. The molecule has 9 heteroatoms. The first-order valence-electron chi connectivity index (χ1n) is 7.00. The summed E-state index contributed by atoms with van der Waals surface area (Å²) in [5, 5.41) is 5.08. The van der Waals surface area contributed by atoms with E-state index in [0.29, 0.717) is 16.6 Å². The van der Waals surface area contributed by atoms with Crippen LogP contribution < -0.4 is 10.6 Å². The fraction of sp³-hybridized carbons (Fsp3) is 0.267. The van der Waals surface area contributed by atoms with Crippen molar-refractivity contribution in [2.24, 2.45) is 0 Å². The van der Waals surface area contributed by atoms with Crippen LogP contribution in [0.4, 0.5) is 9.18 Å². The molecule has 0 aliphatic carbocycles. The van der Waals surface area contributed by atoms with E-state index in [4.69, 9.17) is 16.3 Å². The number of benzene rings is 1. The second-order valence-electron chi connectivity index (χ2n) is 4.78. The highest BCUT2D eigenvalue weighted by Crippen LogP contribution is 2.36. The molecule has 0 unspecified atom stereocenters. The van der Waals surface area contributed by atoms with Gasteiger partial charge in [0.15, 0.2) is 6.10 Å². The van der Waals surface area contributed by atoms with Crippen LogP contribution in [0.5, 0.6) is 0 Å². The first-order valence-corrected chi connectivity index (χ1v) is 8.20. The number of thiophene rings is 1. The lowest BCUT2D eigenvalue weighted by Crippen LogP contribution is -2.44. The molecule has 1 aromatic heterocycles. The molecule has 24 heavy (non-hydrogen) atoms. The average Bonchev–Trinajstić information content (AvgIpc) is 2.83. The van der Waals surface area contributed by atoms with E-state index in [2.05, 4.69) is 5.32 Å². The number of halogens is 2. The van der Waals surface area contributed by atoms with Crippen molar-refractivity contribution in [3.8, 4) is 0 Å². The molecule has 0 fully saturated rings. The summed E-state index contributed by atoms with van der Waals surface area (Å²) < 4.78 is 18.7. The van der Waals surface area contributed by atoms with Crippen LogP contribution in [0.1, 0.15) is 23.5 Å². The number of rotatable bonds is 4. The SMILES string of the molecule is CCNC(=O)NC(=O)[C@@H](C)OC(=O)c1sc2cc(F)ccc2c1Cl. The topological polar surface area (TPSA) is 84.5 Å². The normalized spacial score (nSPS) is 11.8. The Morgan fingerprint density at radius 2 is 2.08 bits per heavy atom. The van der Waals surface area contributed by atoms with Gasteiger partial charge in [-0.3, -0.25) is 10.1 Å². The minimum atomic E-state index is -1.20. The van der Waals surface area contributed by atoms with Gasteiger partial charge in [0.1, 0.15) is 10.7 Å². The Hall–Kier alpha value is -2.19. The summed E-state index contributed by atoms with van der Waals surface area (Å²) in [6.07, 6.45) is -1.20.